The number of piperidine rings is 2. The molecule has 3 saturated heterocycles. The van der Waals surface area contributed by atoms with Gasteiger partial charge in [-0.05, 0) is 52.5 Å². The van der Waals surface area contributed by atoms with Crippen LogP contribution in [-0.4, -0.2) is 86.2 Å². The second kappa shape index (κ2) is 11.5. The summed E-state index contributed by atoms with van der Waals surface area (Å²) < 4.78 is 7.64. The van der Waals surface area contributed by atoms with Gasteiger partial charge in [-0.25, -0.2) is 15.0 Å². The van der Waals surface area contributed by atoms with E-state index in [2.05, 4.69) is 9.88 Å². The van der Waals surface area contributed by atoms with Gasteiger partial charge in [-0.15, -0.1) is 0 Å². The van der Waals surface area contributed by atoms with Crippen LogP contribution in [0, 0.1) is 19.3 Å². The number of aliphatic hydroxyl groups excluding tert-OH is 1. The van der Waals surface area contributed by atoms with E-state index >= 15 is 0 Å². The number of nitrogens with zero attached hydrogens (tertiary/aromatic N) is 6. The predicted molar refractivity (Wildman–Crippen MR) is 162 cm³/mol. The summed E-state index contributed by atoms with van der Waals surface area (Å²) in [7, 11) is 0. The van der Waals surface area contributed by atoms with Gasteiger partial charge in [0, 0.05) is 54.8 Å². The van der Waals surface area contributed by atoms with Crippen molar-refractivity contribution in [3.8, 4) is 0 Å². The minimum atomic E-state index is -0.226. The Morgan fingerprint density at radius 2 is 1.86 bits per heavy atom. The number of aryl methyl sites for hydroxylation is 2. The van der Waals surface area contributed by atoms with Crippen LogP contribution < -0.4 is 16.4 Å². The average Bonchev–Trinajstić information content (AvgIpc) is 3.47. The number of aromatic nitrogens is 4. The molecule has 0 radical (unpaired) electrons. The lowest BCUT2D eigenvalue weighted by atomic mass is 9.73. The van der Waals surface area contributed by atoms with Crippen molar-refractivity contribution in [1.82, 2.24) is 24.3 Å². The van der Waals surface area contributed by atoms with Crippen molar-refractivity contribution >= 4 is 40.7 Å². The number of aliphatic hydroxyl groups is 1. The lowest BCUT2D eigenvalue weighted by Crippen LogP contribution is -2.51. The van der Waals surface area contributed by atoms with Gasteiger partial charge in [0.1, 0.15) is 16.4 Å². The molecule has 3 aliphatic heterocycles. The standard InChI is InChI=1S/C29H39ClN8O3S/c1-16-23(28(40)37-9-4-19(31)5-10-37)38-11-6-21(22(30)26(38)33-16)42-27-17(2)34-25(20(14-39)35-27)36-12-7-29(8-13-36)15-41-18(3)24(29)32/h6,11,18-19,24,39H,4-5,7-10,12-15,31-32H2,1-3H3/t18-,24+/m0/s1. The Labute approximate surface area is 255 Å². The van der Waals surface area contributed by atoms with Gasteiger partial charge < -0.3 is 31.1 Å². The third-order valence-electron chi connectivity index (χ3n) is 9.24. The molecule has 1 spiro atoms. The van der Waals surface area contributed by atoms with Gasteiger partial charge in [0.15, 0.2) is 11.5 Å². The fraction of sp³-hybridized carbons (Fsp3) is 0.586. The molecule has 3 fully saturated rings. The van der Waals surface area contributed by atoms with Crippen LogP contribution >= 0.6 is 23.4 Å². The maximum atomic E-state index is 13.4. The molecule has 13 heteroatoms. The maximum Gasteiger partial charge on any atom is 0.272 e. The molecule has 6 heterocycles. The summed E-state index contributed by atoms with van der Waals surface area (Å²) in [4.78, 5) is 32.6. The highest BCUT2D eigenvalue weighted by molar-refractivity contribution is 7.99. The van der Waals surface area contributed by atoms with Crippen LogP contribution in [0.4, 0.5) is 5.82 Å². The van der Waals surface area contributed by atoms with Crippen LogP contribution in [0.15, 0.2) is 22.2 Å². The molecular weight excluding hydrogens is 576 g/mol. The van der Waals surface area contributed by atoms with Crippen LogP contribution in [0.1, 0.15) is 60.2 Å². The Balaban J connectivity index is 1.23. The van der Waals surface area contributed by atoms with Crippen molar-refractivity contribution in [3.05, 3.63) is 40.1 Å². The van der Waals surface area contributed by atoms with E-state index < -0.39 is 0 Å². The van der Waals surface area contributed by atoms with Crippen LogP contribution in [-0.2, 0) is 11.3 Å². The van der Waals surface area contributed by atoms with Crippen LogP contribution in [0.3, 0.4) is 0 Å². The summed E-state index contributed by atoms with van der Waals surface area (Å²) in [6.07, 6.45) is 5.31. The molecule has 0 saturated carbocycles. The molecule has 2 atom stereocenters. The topological polar surface area (TPSA) is 148 Å². The van der Waals surface area contributed by atoms with E-state index in [9.17, 15) is 9.90 Å². The Hall–Kier alpha value is -2.48. The zero-order valence-corrected chi connectivity index (χ0v) is 25.9. The minimum absolute atomic E-state index is 0.0000536. The number of pyridine rings is 1. The van der Waals surface area contributed by atoms with E-state index in [0.29, 0.717) is 58.3 Å². The second-order valence-corrected chi connectivity index (χ2v) is 13.3. The first-order valence-electron chi connectivity index (χ1n) is 14.6. The first kappa shape index (κ1) is 29.6. The number of carbonyl (C=O) groups excluding carboxylic acids is 1. The van der Waals surface area contributed by atoms with Crippen LogP contribution in [0.2, 0.25) is 5.02 Å². The monoisotopic (exact) mass is 614 g/mol. The zero-order valence-electron chi connectivity index (χ0n) is 24.3. The van der Waals surface area contributed by atoms with E-state index in [1.165, 1.54) is 11.8 Å². The third kappa shape index (κ3) is 5.16. The first-order valence-corrected chi connectivity index (χ1v) is 15.8. The Morgan fingerprint density at radius 3 is 2.50 bits per heavy atom. The van der Waals surface area contributed by atoms with Crippen LogP contribution in [0.5, 0.6) is 0 Å². The Bertz CT molecular complexity index is 1500. The fourth-order valence-electron chi connectivity index (χ4n) is 6.48. The first-order chi connectivity index (χ1) is 20.1. The number of halogens is 1. The van der Waals surface area contributed by atoms with Crippen molar-refractivity contribution in [2.45, 2.75) is 81.2 Å². The van der Waals surface area contributed by atoms with Gasteiger partial charge >= 0.3 is 0 Å². The number of imidazole rings is 1. The molecule has 1 amide bonds. The summed E-state index contributed by atoms with van der Waals surface area (Å²) in [6.45, 7) is 9.09. The average molecular weight is 615 g/mol. The highest BCUT2D eigenvalue weighted by Crippen LogP contribution is 2.43. The summed E-state index contributed by atoms with van der Waals surface area (Å²) >= 11 is 8.25. The molecule has 0 bridgehead atoms. The van der Waals surface area contributed by atoms with Gasteiger partial charge in [-0.3, -0.25) is 9.20 Å². The van der Waals surface area contributed by atoms with Gasteiger partial charge in [0.25, 0.3) is 5.91 Å². The van der Waals surface area contributed by atoms with Gasteiger partial charge in [-0.1, -0.05) is 23.4 Å². The number of ether oxygens (including phenoxy) is 1. The maximum absolute atomic E-state index is 13.4. The Kier molecular flexibility index (Phi) is 8.14. The lowest BCUT2D eigenvalue weighted by Gasteiger charge is -2.42. The SMILES string of the molecule is Cc1nc(N2CCC3(CC2)CO[C@@H](C)[C@H]3N)c(CO)nc1Sc1ccn2c(C(=O)N3CCC(N)CC3)c(C)nc2c1Cl. The van der Waals surface area contributed by atoms with Crippen molar-refractivity contribution in [3.63, 3.8) is 0 Å². The smallest absolute Gasteiger partial charge is 0.272 e. The number of anilines is 1. The predicted octanol–water partition coefficient (Wildman–Crippen LogP) is 2.93. The largest absolute Gasteiger partial charge is 0.390 e. The molecule has 0 aliphatic carbocycles. The molecule has 11 nitrogen and oxygen atoms in total. The van der Waals surface area contributed by atoms with E-state index in [1.807, 2.05) is 37.9 Å². The molecule has 42 heavy (non-hydrogen) atoms. The number of hydrogen-bond acceptors (Lipinski definition) is 10. The molecule has 226 valence electrons. The fourth-order valence-corrected chi connectivity index (χ4v) is 7.66. The van der Waals surface area contributed by atoms with Crippen molar-refractivity contribution < 1.29 is 14.6 Å². The third-order valence-corrected chi connectivity index (χ3v) is 10.9. The Morgan fingerprint density at radius 1 is 1.14 bits per heavy atom. The highest BCUT2D eigenvalue weighted by atomic mass is 35.5. The summed E-state index contributed by atoms with van der Waals surface area (Å²) in [5.74, 6) is 0.649. The van der Waals surface area contributed by atoms with E-state index in [1.54, 1.807) is 4.40 Å². The molecule has 3 aromatic heterocycles. The second-order valence-electron chi connectivity index (χ2n) is 11.9. The summed E-state index contributed by atoms with van der Waals surface area (Å²) in [5.41, 5.74) is 15.5. The number of hydrogen-bond donors (Lipinski definition) is 3. The summed E-state index contributed by atoms with van der Waals surface area (Å²) in [5, 5.41) is 11.4. The highest BCUT2D eigenvalue weighted by Gasteiger charge is 2.47. The molecule has 5 N–H and O–H groups in total. The molecule has 3 aliphatic rings. The van der Waals surface area contributed by atoms with Gasteiger partial charge in [-0.2, -0.15) is 0 Å². The van der Waals surface area contributed by atoms with Gasteiger partial charge in [0.05, 0.1) is 35.7 Å². The quantitative estimate of drug-likeness (QED) is 0.392. The minimum Gasteiger partial charge on any atom is -0.390 e. The van der Waals surface area contributed by atoms with Crippen molar-refractivity contribution in [1.29, 1.82) is 0 Å². The molecule has 0 aromatic carbocycles. The number of fused-ring (bicyclic) bond motifs is 1. The molecular formula is C29H39ClN8O3S. The lowest BCUT2D eigenvalue weighted by molar-refractivity contribution is 0.0707. The van der Waals surface area contributed by atoms with Gasteiger partial charge in [0.2, 0.25) is 0 Å². The van der Waals surface area contributed by atoms with E-state index in [-0.39, 0.29) is 36.1 Å². The zero-order chi connectivity index (χ0) is 29.8. The molecule has 3 aromatic rings. The molecule has 6 rings (SSSR count). The molecule has 0 unspecified atom stereocenters. The number of rotatable bonds is 5. The number of amides is 1. The van der Waals surface area contributed by atoms with Crippen molar-refractivity contribution in [2.24, 2.45) is 16.9 Å². The number of likely N-dealkylation sites (tertiary alicyclic amines) is 1. The van der Waals surface area contributed by atoms with E-state index in [4.69, 9.17) is 37.8 Å². The van der Waals surface area contributed by atoms with E-state index in [0.717, 1.165) is 49.4 Å². The summed E-state index contributed by atoms with van der Waals surface area (Å²) in [6, 6.07) is 2.04. The van der Waals surface area contributed by atoms with Crippen LogP contribution in [0.25, 0.3) is 5.65 Å². The van der Waals surface area contributed by atoms with Crippen molar-refractivity contribution in [2.75, 3.05) is 37.7 Å². The number of carbonyl (C=O) groups is 1. The number of nitrogens with two attached hydrogens (primary N) is 2. The normalized spacial score (nSPS) is 22.9.